The van der Waals surface area contributed by atoms with Crippen LogP contribution in [-0.2, 0) is 11.8 Å². The summed E-state index contributed by atoms with van der Waals surface area (Å²) < 4.78 is 0. The first-order chi connectivity index (χ1) is 13.1. The Bertz CT molecular complexity index is 966. The van der Waals surface area contributed by atoms with E-state index in [2.05, 4.69) is 34.3 Å². The van der Waals surface area contributed by atoms with Crippen LogP contribution in [0.1, 0.15) is 54.5 Å². The summed E-state index contributed by atoms with van der Waals surface area (Å²) in [6.45, 7) is 5.04. The second kappa shape index (κ2) is 8.28. The Hall–Kier alpha value is -1.58. The second-order valence-electron chi connectivity index (χ2n) is 8.04. The molecule has 5 nitrogen and oxygen atoms in total. The highest BCUT2D eigenvalue weighted by Gasteiger charge is 2.47. The number of nitrogens with zero attached hydrogens (tertiary/aromatic N) is 4. The molecular weight excluding hydrogens is 429 g/mol. The molecule has 2 aliphatic heterocycles. The number of nitrogens with one attached hydrogen (secondary N) is 1. The number of halogens is 3. The maximum absolute atomic E-state index is 9.86. The maximum Gasteiger partial charge on any atom is 0.140 e. The number of aromatic nitrogens is 2. The van der Waals surface area contributed by atoms with Crippen molar-refractivity contribution in [3.05, 3.63) is 45.9 Å². The first-order valence-electron chi connectivity index (χ1n) is 9.70. The Balaban J connectivity index is 0.00000120. The van der Waals surface area contributed by atoms with Crippen molar-refractivity contribution in [3.63, 3.8) is 0 Å². The lowest BCUT2D eigenvalue weighted by atomic mass is 9.73. The smallest absolute Gasteiger partial charge is 0.140 e. The highest BCUT2D eigenvalue weighted by atomic mass is 35.5. The first kappa shape index (κ1) is 22.1. The Kier molecular flexibility index (Phi) is 6.31. The van der Waals surface area contributed by atoms with E-state index in [-0.39, 0.29) is 30.2 Å². The monoisotopic (exact) mass is 451 g/mol. The molecule has 1 spiro atoms. The average molecular weight is 453 g/mol. The van der Waals surface area contributed by atoms with E-state index in [1.54, 1.807) is 6.33 Å². The molecule has 154 valence electrons. The van der Waals surface area contributed by atoms with E-state index >= 15 is 0 Å². The lowest BCUT2D eigenvalue weighted by Gasteiger charge is -2.35. The van der Waals surface area contributed by atoms with E-state index in [0.29, 0.717) is 16.5 Å². The third-order valence-electron chi connectivity index (χ3n) is 6.59. The van der Waals surface area contributed by atoms with Gasteiger partial charge >= 0.3 is 0 Å². The highest BCUT2D eigenvalue weighted by molar-refractivity contribution is 6.32. The van der Waals surface area contributed by atoms with E-state index in [0.717, 1.165) is 62.4 Å². The molecule has 0 bridgehead atoms. The summed E-state index contributed by atoms with van der Waals surface area (Å²) in [7, 11) is 0. The van der Waals surface area contributed by atoms with Crippen LogP contribution in [0.2, 0.25) is 5.02 Å². The van der Waals surface area contributed by atoms with Crippen LogP contribution in [0.4, 0.5) is 11.5 Å². The topological polar surface area (TPSA) is 64.8 Å². The molecule has 1 saturated heterocycles. The van der Waals surface area contributed by atoms with Crippen molar-refractivity contribution < 1.29 is 0 Å². The minimum Gasteiger partial charge on any atom is -0.325 e. The van der Waals surface area contributed by atoms with Crippen LogP contribution in [0.3, 0.4) is 0 Å². The van der Waals surface area contributed by atoms with Gasteiger partial charge in [-0.05, 0) is 56.8 Å². The quantitative estimate of drug-likeness (QED) is 0.681. The third kappa shape index (κ3) is 3.27. The lowest BCUT2D eigenvalue weighted by Crippen LogP contribution is -2.43. The summed E-state index contributed by atoms with van der Waals surface area (Å²) in [5.41, 5.74) is 5.26. The lowest BCUT2D eigenvalue weighted by molar-refractivity contribution is 0.328. The number of benzene rings is 1. The van der Waals surface area contributed by atoms with Crippen LogP contribution < -0.4 is 10.2 Å². The molecule has 1 aromatic heterocycles. The van der Waals surface area contributed by atoms with Crippen molar-refractivity contribution in [2.75, 3.05) is 24.5 Å². The summed E-state index contributed by atoms with van der Waals surface area (Å²) >= 11 is 6.44. The van der Waals surface area contributed by atoms with Crippen LogP contribution in [0.25, 0.3) is 0 Å². The summed E-state index contributed by atoms with van der Waals surface area (Å²) in [5.74, 6) is 1.49. The molecular formula is C21H24Cl3N5. The number of rotatable bonds is 1. The molecule has 1 N–H and O–H groups in total. The molecule has 0 radical (unpaired) electrons. The predicted octanol–water partition coefficient (Wildman–Crippen LogP) is 4.67. The van der Waals surface area contributed by atoms with Crippen molar-refractivity contribution in [1.82, 2.24) is 15.3 Å². The van der Waals surface area contributed by atoms with Crippen molar-refractivity contribution in [3.8, 4) is 6.07 Å². The molecule has 1 atom stereocenters. The number of piperidine rings is 1. The normalized spacial score (nSPS) is 21.0. The second-order valence-corrected chi connectivity index (χ2v) is 8.45. The number of hydrogen-bond acceptors (Lipinski definition) is 5. The molecule has 3 heterocycles. The molecule has 1 fully saturated rings. The number of nitriles is 1. The standard InChI is InChI=1S/C21H22ClN5.2ClH/c1-13-2-4-16-18(13)20(26-12-25-16)27-11-21(6-8-24-9-7-21)19-14(10-23)15(22)3-5-17(19)27;;/h3,5,12-13,24H,2,4,6-9,11H2,1H3;2*1H/t13-;;/m1../s1. The molecule has 0 saturated carbocycles. The fourth-order valence-corrected chi connectivity index (χ4v) is 5.44. The van der Waals surface area contributed by atoms with E-state index in [4.69, 9.17) is 16.6 Å². The van der Waals surface area contributed by atoms with Crippen LogP contribution in [0.5, 0.6) is 0 Å². The Morgan fingerprint density at radius 1 is 1.24 bits per heavy atom. The van der Waals surface area contributed by atoms with Crippen LogP contribution >= 0.6 is 36.4 Å². The third-order valence-corrected chi connectivity index (χ3v) is 6.91. The molecule has 5 rings (SSSR count). The summed E-state index contributed by atoms with van der Waals surface area (Å²) in [5, 5.41) is 13.9. The van der Waals surface area contributed by atoms with Crippen molar-refractivity contribution in [1.29, 1.82) is 5.26 Å². The fourth-order valence-electron chi connectivity index (χ4n) is 5.24. The van der Waals surface area contributed by atoms with Gasteiger partial charge in [-0.25, -0.2) is 9.97 Å². The average Bonchev–Trinajstić information content (AvgIpc) is 3.22. The molecule has 1 aliphatic carbocycles. The summed E-state index contributed by atoms with van der Waals surface area (Å²) in [4.78, 5) is 11.6. The molecule has 0 amide bonds. The Morgan fingerprint density at radius 3 is 2.72 bits per heavy atom. The van der Waals surface area contributed by atoms with E-state index in [1.807, 2.05) is 6.07 Å². The molecule has 1 aromatic carbocycles. The zero-order valence-electron chi connectivity index (χ0n) is 16.2. The van der Waals surface area contributed by atoms with Gasteiger partial charge in [-0.15, -0.1) is 24.8 Å². The number of fused-ring (bicyclic) bond motifs is 3. The molecule has 2 aromatic rings. The Morgan fingerprint density at radius 2 is 2.00 bits per heavy atom. The van der Waals surface area contributed by atoms with Crippen molar-refractivity contribution in [2.24, 2.45) is 0 Å². The zero-order valence-corrected chi connectivity index (χ0v) is 18.6. The van der Waals surface area contributed by atoms with Crippen LogP contribution in [-0.4, -0.2) is 29.6 Å². The molecule has 29 heavy (non-hydrogen) atoms. The van der Waals surface area contributed by atoms with Gasteiger partial charge in [0.15, 0.2) is 0 Å². The van der Waals surface area contributed by atoms with Gasteiger partial charge in [0, 0.05) is 34.5 Å². The van der Waals surface area contributed by atoms with E-state index in [9.17, 15) is 5.26 Å². The van der Waals surface area contributed by atoms with E-state index in [1.165, 1.54) is 11.3 Å². The summed E-state index contributed by atoms with van der Waals surface area (Å²) in [6, 6.07) is 6.32. The minimum absolute atomic E-state index is 0. The molecule has 0 unspecified atom stereocenters. The summed E-state index contributed by atoms with van der Waals surface area (Å²) in [6.07, 6.45) is 5.86. The van der Waals surface area contributed by atoms with Crippen LogP contribution in [0.15, 0.2) is 18.5 Å². The number of anilines is 2. The van der Waals surface area contributed by atoms with E-state index < -0.39 is 0 Å². The van der Waals surface area contributed by atoms with Gasteiger partial charge in [0.2, 0.25) is 0 Å². The largest absolute Gasteiger partial charge is 0.325 e. The number of aryl methyl sites for hydroxylation is 1. The molecule has 3 aliphatic rings. The van der Waals surface area contributed by atoms with Gasteiger partial charge in [-0.1, -0.05) is 18.5 Å². The van der Waals surface area contributed by atoms with Crippen LogP contribution in [0, 0.1) is 11.3 Å². The fraction of sp³-hybridized carbons (Fsp3) is 0.476. The maximum atomic E-state index is 9.86. The zero-order chi connectivity index (χ0) is 18.6. The van der Waals surface area contributed by atoms with Gasteiger partial charge in [-0.2, -0.15) is 5.26 Å². The minimum atomic E-state index is -0.0454. The number of hydrogen-bond donors (Lipinski definition) is 1. The van der Waals surface area contributed by atoms with Gasteiger partial charge < -0.3 is 10.2 Å². The van der Waals surface area contributed by atoms with Crippen molar-refractivity contribution in [2.45, 2.75) is 43.9 Å². The van der Waals surface area contributed by atoms with Gasteiger partial charge in [-0.3, -0.25) is 0 Å². The first-order valence-corrected chi connectivity index (χ1v) is 10.1. The Labute approximate surface area is 188 Å². The highest BCUT2D eigenvalue weighted by Crippen LogP contribution is 2.52. The molecule has 8 heteroatoms. The predicted molar refractivity (Wildman–Crippen MR) is 120 cm³/mol. The van der Waals surface area contributed by atoms with Gasteiger partial charge in [0.25, 0.3) is 0 Å². The van der Waals surface area contributed by atoms with Gasteiger partial charge in [0.05, 0.1) is 10.6 Å². The van der Waals surface area contributed by atoms with Crippen molar-refractivity contribution >= 4 is 47.9 Å². The SMILES string of the molecule is C[C@@H]1CCc2ncnc(N3CC4(CCNCC4)c4c3ccc(Cl)c4C#N)c21.Cl.Cl. The van der Waals surface area contributed by atoms with Gasteiger partial charge in [0.1, 0.15) is 18.2 Å².